The van der Waals surface area contributed by atoms with Gasteiger partial charge in [-0.1, -0.05) is 29.8 Å². The Morgan fingerprint density at radius 2 is 1.84 bits per heavy atom. The van der Waals surface area contributed by atoms with E-state index in [1.54, 1.807) is 7.05 Å². The molecule has 0 spiro atoms. The number of aryl methyl sites for hydroxylation is 2. The molecule has 0 radical (unpaired) electrons. The van der Waals surface area contributed by atoms with Gasteiger partial charge in [0.25, 0.3) is 5.56 Å². The topological polar surface area (TPSA) is 75.9 Å². The number of benzene rings is 1. The number of aromatic amines is 1. The molecule has 25 heavy (non-hydrogen) atoms. The van der Waals surface area contributed by atoms with E-state index in [4.69, 9.17) is 0 Å². The minimum Gasteiger partial charge on any atom is -0.335 e. The molecule has 0 amide bonds. The lowest BCUT2D eigenvalue weighted by molar-refractivity contribution is 0.703. The average molecular weight is 339 g/mol. The van der Waals surface area contributed by atoms with Gasteiger partial charge >= 0.3 is 5.69 Å². The number of H-pyrrole nitrogens is 1. The van der Waals surface area contributed by atoms with Crippen LogP contribution in [0.1, 0.15) is 30.0 Å². The quantitative estimate of drug-likeness (QED) is 0.770. The van der Waals surface area contributed by atoms with E-state index in [1.165, 1.54) is 22.7 Å². The Hall–Kier alpha value is -2.83. The Labute approximate surface area is 144 Å². The van der Waals surface area contributed by atoms with Crippen LogP contribution in [0.3, 0.4) is 0 Å². The maximum absolute atomic E-state index is 12.4. The van der Waals surface area contributed by atoms with Crippen molar-refractivity contribution in [3.05, 3.63) is 56.2 Å². The average Bonchev–Trinajstić information content (AvgIpc) is 3.25. The van der Waals surface area contributed by atoms with Gasteiger partial charge in [0.1, 0.15) is 0 Å². The molecule has 1 aromatic carbocycles. The zero-order valence-corrected chi connectivity index (χ0v) is 14.6. The monoisotopic (exact) mass is 339 g/mol. The van der Waals surface area contributed by atoms with E-state index >= 15 is 0 Å². The van der Waals surface area contributed by atoms with Gasteiger partial charge < -0.3 is 9.88 Å². The van der Waals surface area contributed by atoms with Crippen LogP contribution >= 0.6 is 0 Å². The lowest BCUT2D eigenvalue weighted by Gasteiger charge is -2.24. The zero-order valence-electron chi connectivity index (χ0n) is 14.6. The molecular weight excluding hydrogens is 318 g/mol. The minimum atomic E-state index is -0.368. The van der Waals surface area contributed by atoms with Gasteiger partial charge in [-0.05, 0) is 25.3 Å². The summed E-state index contributed by atoms with van der Waals surface area (Å²) in [5.41, 5.74) is 2.53. The Morgan fingerprint density at radius 3 is 2.56 bits per heavy atom. The summed E-state index contributed by atoms with van der Waals surface area (Å²) >= 11 is 0. The molecule has 3 aromatic rings. The second-order valence-corrected chi connectivity index (χ2v) is 6.73. The molecular formula is C18H21N5O2. The summed E-state index contributed by atoms with van der Waals surface area (Å²) in [4.78, 5) is 34.4. The summed E-state index contributed by atoms with van der Waals surface area (Å²) in [6.45, 7) is 2.94. The van der Waals surface area contributed by atoms with Crippen molar-refractivity contribution in [2.75, 3.05) is 11.4 Å². The number of rotatable bonds is 2. The Morgan fingerprint density at radius 1 is 1.12 bits per heavy atom. The first-order chi connectivity index (χ1) is 12.0. The summed E-state index contributed by atoms with van der Waals surface area (Å²) < 4.78 is 2.51. The van der Waals surface area contributed by atoms with Gasteiger partial charge in [-0.15, -0.1) is 0 Å². The van der Waals surface area contributed by atoms with Crippen LogP contribution in [0.15, 0.2) is 33.9 Å². The molecule has 1 aliphatic rings. The summed E-state index contributed by atoms with van der Waals surface area (Å²) in [7, 11) is 3.12. The van der Waals surface area contributed by atoms with Crippen LogP contribution in [0.4, 0.5) is 5.95 Å². The van der Waals surface area contributed by atoms with Crippen molar-refractivity contribution in [2.24, 2.45) is 14.1 Å². The largest absolute Gasteiger partial charge is 0.335 e. The molecule has 3 heterocycles. The van der Waals surface area contributed by atoms with Gasteiger partial charge in [0.05, 0.1) is 6.04 Å². The van der Waals surface area contributed by atoms with Gasteiger partial charge in [-0.3, -0.25) is 13.9 Å². The Bertz CT molecular complexity index is 1060. The highest BCUT2D eigenvalue weighted by molar-refractivity contribution is 5.73. The van der Waals surface area contributed by atoms with Crippen molar-refractivity contribution in [1.29, 1.82) is 0 Å². The third-order valence-electron chi connectivity index (χ3n) is 5.07. The Balaban J connectivity index is 1.82. The van der Waals surface area contributed by atoms with Gasteiger partial charge in [-0.2, -0.15) is 4.98 Å². The van der Waals surface area contributed by atoms with Crippen molar-refractivity contribution >= 4 is 17.1 Å². The zero-order chi connectivity index (χ0) is 17.7. The van der Waals surface area contributed by atoms with Crippen LogP contribution in [-0.2, 0) is 14.1 Å². The van der Waals surface area contributed by atoms with Gasteiger partial charge in [-0.25, -0.2) is 4.79 Å². The molecule has 7 heteroatoms. The molecule has 130 valence electrons. The molecule has 1 saturated heterocycles. The number of nitrogens with one attached hydrogen (secondary N) is 1. The summed E-state index contributed by atoms with van der Waals surface area (Å²) in [6.07, 6.45) is 2.10. The third-order valence-corrected chi connectivity index (χ3v) is 5.07. The fraction of sp³-hybridized carbons (Fsp3) is 0.389. The molecule has 0 bridgehead atoms. The van der Waals surface area contributed by atoms with Crippen molar-refractivity contribution in [1.82, 2.24) is 19.1 Å². The van der Waals surface area contributed by atoms with E-state index < -0.39 is 0 Å². The maximum Gasteiger partial charge on any atom is 0.332 e. The normalized spacial score (nSPS) is 17.6. The van der Waals surface area contributed by atoms with Crippen LogP contribution in [0.25, 0.3) is 11.2 Å². The SMILES string of the molecule is Cc1ccc(C2CCCN2c2nc3c([nH]2)c(=O)n(C)c(=O)n3C)cc1. The van der Waals surface area contributed by atoms with Gasteiger partial charge in [0, 0.05) is 20.6 Å². The maximum atomic E-state index is 12.4. The lowest BCUT2D eigenvalue weighted by atomic mass is 10.0. The van der Waals surface area contributed by atoms with E-state index in [9.17, 15) is 9.59 Å². The smallest absolute Gasteiger partial charge is 0.332 e. The van der Waals surface area contributed by atoms with Crippen molar-refractivity contribution in [3.63, 3.8) is 0 Å². The summed E-state index contributed by atoms with van der Waals surface area (Å²) in [5, 5.41) is 0. The van der Waals surface area contributed by atoms with Crippen LogP contribution in [0.2, 0.25) is 0 Å². The first kappa shape index (κ1) is 15.7. The number of fused-ring (bicyclic) bond motifs is 1. The summed E-state index contributed by atoms with van der Waals surface area (Å²) in [5.74, 6) is 0.649. The number of anilines is 1. The van der Waals surface area contributed by atoms with E-state index in [0.717, 1.165) is 24.0 Å². The molecule has 1 fully saturated rings. The number of imidazole rings is 1. The predicted molar refractivity (Wildman–Crippen MR) is 97.1 cm³/mol. The number of hydrogen-bond donors (Lipinski definition) is 1. The van der Waals surface area contributed by atoms with Crippen molar-refractivity contribution in [3.8, 4) is 0 Å². The second kappa shape index (κ2) is 5.61. The molecule has 7 nitrogen and oxygen atoms in total. The van der Waals surface area contributed by atoms with Crippen LogP contribution in [0, 0.1) is 6.92 Å². The molecule has 1 atom stereocenters. The van der Waals surface area contributed by atoms with Gasteiger partial charge in [0.15, 0.2) is 11.2 Å². The number of hydrogen-bond acceptors (Lipinski definition) is 4. The van der Waals surface area contributed by atoms with E-state index in [1.807, 2.05) is 0 Å². The van der Waals surface area contributed by atoms with E-state index in [-0.39, 0.29) is 17.3 Å². The van der Waals surface area contributed by atoms with Crippen LogP contribution < -0.4 is 16.1 Å². The highest BCUT2D eigenvalue weighted by atomic mass is 16.2. The molecule has 1 N–H and O–H groups in total. The van der Waals surface area contributed by atoms with E-state index in [2.05, 4.69) is 46.1 Å². The first-order valence-electron chi connectivity index (χ1n) is 8.46. The predicted octanol–water partition coefficient (Wildman–Crippen LogP) is 1.61. The van der Waals surface area contributed by atoms with E-state index in [0.29, 0.717) is 17.1 Å². The van der Waals surface area contributed by atoms with Crippen molar-refractivity contribution in [2.45, 2.75) is 25.8 Å². The molecule has 2 aromatic heterocycles. The highest BCUT2D eigenvalue weighted by Crippen LogP contribution is 2.35. The van der Waals surface area contributed by atoms with Gasteiger partial charge in [0.2, 0.25) is 5.95 Å². The Kier molecular flexibility index (Phi) is 3.52. The second-order valence-electron chi connectivity index (χ2n) is 6.73. The molecule has 4 rings (SSSR count). The first-order valence-corrected chi connectivity index (χ1v) is 8.46. The molecule has 0 saturated carbocycles. The highest BCUT2D eigenvalue weighted by Gasteiger charge is 2.29. The third kappa shape index (κ3) is 2.38. The van der Waals surface area contributed by atoms with Crippen LogP contribution in [-0.4, -0.2) is 25.6 Å². The molecule has 1 aliphatic heterocycles. The molecule has 1 unspecified atom stereocenters. The minimum absolute atomic E-state index is 0.224. The molecule has 0 aliphatic carbocycles. The van der Waals surface area contributed by atoms with Crippen molar-refractivity contribution < 1.29 is 0 Å². The fourth-order valence-corrected chi connectivity index (χ4v) is 3.61. The summed E-state index contributed by atoms with van der Waals surface area (Å²) in [6, 6.07) is 8.75. The lowest BCUT2D eigenvalue weighted by Crippen LogP contribution is -2.36. The number of aromatic nitrogens is 4. The number of nitrogens with zero attached hydrogens (tertiary/aromatic N) is 4. The van der Waals surface area contributed by atoms with Crippen LogP contribution in [0.5, 0.6) is 0 Å². The standard InChI is InChI=1S/C18H21N5O2/c1-11-6-8-12(9-7-11)13-5-4-10-23(13)17-19-14-15(20-17)21(2)18(25)22(3)16(14)24/h6-9,13H,4-5,10H2,1-3H3,(H,19,20). The fourth-order valence-electron chi connectivity index (χ4n) is 3.61.